The Balaban J connectivity index is 2.63. The summed E-state index contributed by atoms with van der Waals surface area (Å²) in [6, 6.07) is 1.67. The molecule has 0 nitrogen and oxygen atoms in total. The third-order valence-electron chi connectivity index (χ3n) is 4.19. The van der Waals surface area contributed by atoms with Crippen LogP contribution in [-0.2, 0) is 0 Å². The van der Waals surface area contributed by atoms with E-state index in [0.29, 0.717) is 0 Å². The van der Waals surface area contributed by atoms with Crippen LogP contribution < -0.4 is 0 Å². The Labute approximate surface area is 129 Å². The normalized spacial score (nSPS) is 45.0. The average Bonchev–Trinajstić information content (AvgIpc) is 2.13. The molecule has 6 heteroatoms. The van der Waals surface area contributed by atoms with E-state index in [0.717, 1.165) is 33.8 Å². The molecule has 0 saturated carbocycles. The van der Waals surface area contributed by atoms with Gasteiger partial charge in [0.05, 0.1) is 0 Å². The van der Waals surface area contributed by atoms with Crippen LogP contribution in [0.25, 0.3) is 0 Å². The molecule has 1 saturated heterocycles. The fourth-order valence-electron chi connectivity index (χ4n) is 2.85. The van der Waals surface area contributed by atoms with Gasteiger partial charge >= 0.3 is 130 Å². The van der Waals surface area contributed by atoms with Gasteiger partial charge in [-0.1, -0.05) is 0 Å². The van der Waals surface area contributed by atoms with Gasteiger partial charge in [0.2, 0.25) is 0 Å². The van der Waals surface area contributed by atoms with Crippen molar-refractivity contribution in [1.82, 2.24) is 0 Å². The second-order valence-corrected chi connectivity index (χ2v) is 44.7. The van der Waals surface area contributed by atoms with Crippen molar-refractivity contribution < 1.29 is 4.11 Å². The van der Waals surface area contributed by atoms with Crippen LogP contribution in [0.4, 0.5) is 4.11 Å². The van der Waals surface area contributed by atoms with Crippen LogP contribution in [0.2, 0.25) is 46.3 Å². The van der Waals surface area contributed by atoms with Crippen molar-refractivity contribution in [3.05, 3.63) is 0 Å². The third kappa shape index (κ3) is 7.94. The molecule has 0 bridgehead atoms. The number of hydrogen-bond acceptors (Lipinski definition) is 0. The topological polar surface area (TPSA) is 0 Å². The Kier molecular flexibility index (Phi) is 7.70. The van der Waals surface area contributed by atoms with E-state index in [4.69, 9.17) is 17.8 Å². The van der Waals surface area contributed by atoms with E-state index in [1.165, 1.54) is 15.3 Å². The van der Waals surface area contributed by atoms with Crippen molar-refractivity contribution in [2.75, 3.05) is 0 Å². The summed E-state index contributed by atoms with van der Waals surface area (Å²) in [6.45, 7) is 1.90. The summed E-state index contributed by atoms with van der Waals surface area (Å²) < 4.78 is 19.3. The van der Waals surface area contributed by atoms with Crippen LogP contribution in [0, 0.1) is 0 Å². The fraction of sp³-hybridized carbons (Fsp3) is 1.00. The Morgan fingerprint density at radius 3 is 1.56 bits per heavy atom. The molecule has 1 aliphatic rings. The number of hydrogen-bond donors (Lipinski definition) is 0. The zero-order valence-corrected chi connectivity index (χ0v) is 20.2. The molecule has 108 valence electrons. The molecule has 0 aromatic heterocycles. The first kappa shape index (κ1) is 18.4. The molecule has 1 rings (SSSR count). The predicted octanol–water partition coefficient (Wildman–Crippen LogP) is 6.34. The van der Waals surface area contributed by atoms with Crippen LogP contribution in [0.1, 0.15) is 19.3 Å². The van der Waals surface area contributed by atoms with Gasteiger partial charge in [0.25, 0.3) is 0 Å². The van der Waals surface area contributed by atoms with E-state index in [9.17, 15) is 4.11 Å². The quantitative estimate of drug-likeness (QED) is 0.255. The van der Waals surface area contributed by atoms with E-state index in [1.807, 2.05) is 6.55 Å². The van der Waals surface area contributed by atoms with Crippen LogP contribution in [0.3, 0.4) is 0 Å². The standard InChI is InChI=1S/C7H15FSi.C3H6.2CH3.2ClH.2Sn/c1-4-6-9(3,8)7-5-2;1-3-2;;;;;;/h1-2,4-7H2,3H3;1-3H2;2*1H3;2*1H;;/q;;;;;;2*+1/p-2. The molecule has 0 spiro atoms. The average molecular weight is 527 g/mol. The van der Waals surface area contributed by atoms with E-state index in [-0.39, 0.29) is 0 Å². The first-order chi connectivity index (χ1) is 8.12. The van der Waals surface area contributed by atoms with Crippen molar-refractivity contribution in [2.45, 2.75) is 65.5 Å². The molecule has 0 amide bonds. The molecule has 0 aromatic carbocycles. The molecule has 0 aliphatic carbocycles. The van der Waals surface area contributed by atoms with Crippen LogP contribution in [0.15, 0.2) is 0 Å². The van der Waals surface area contributed by atoms with Crippen LogP contribution >= 0.6 is 17.8 Å². The monoisotopic (exact) mass is 528 g/mol. The summed E-state index contributed by atoms with van der Waals surface area (Å²) in [5, 5.41) is 0. The molecular formula is C12H27Cl2FSiSn2. The Morgan fingerprint density at radius 2 is 1.17 bits per heavy atom. The van der Waals surface area contributed by atoms with E-state index < -0.39 is 42.9 Å². The van der Waals surface area contributed by atoms with Gasteiger partial charge in [-0.05, 0) is 0 Å². The van der Waals surface area contributed by atoms with Gasteiger partial charge in [-0.2, -0.15) is 0 Å². The number of halogens is 3. The first-order valence-electron chi connectivity index (χ1n) is 7.19. The maximum absolute atomic E-state index is 14.5. The second-order valence-electron chi connectivity index (χ2n) is 6.80. The van der Waals surface area contributed by atoms with Crippen molar-refractivity contribution >= 4 is 60.8 Å². The van der Waals surface area contributed by atoms with Crippen LogP contribution in [0.5, 0.6) is 0 Å². The molecule has 1 aliphatic heterocycles. The van der Waals surface area contributed by atoms with Gasteiger partial charge in [-0.3, -0.25) is 0 Å². The van der Waals surface area contributed by atoms with Crippen LogP contribution in [-0.4, -0.2) is 42.9 Å². The van der Waals surface area contributed by atoms with Gasteiger partial charge in [0.15, 0.2) is 0 Å². The molecule has 1 fully saturated rings. The maximum atomic E-state index is 14.5. The van der Waals surface area contributed by atoms with Crippen molar-refractivity contribution in [3.63, 3.8) is 0 Å². The summed E-state index contributed by atoms with van der Waals surface area (Å²) in [6.07, 6.45) is 3.37. The van der Waals surface area contributed by atoms with Crippen molar-refractivity contribution in [1.29, 1.82) is 0 Å². The van der Waals surface area contributed by atoms with Gasteiger partial charge in [0.1, 0.15) is 0 Å². The van der Waals surface area contributed by atoms with Gasteiger partial charge < -0.3 is 0 Å². The minimum atomic E-state index is -2.44. The molecule has 2 atom stereocenters. The zero-order valence-electron chi connectivity index (χ0n) is 12.0. The van der Waals surface area contributed by atoms with E-state index in [1.54, 1.807) is 0 Å². The Hall–Kier alpha value is 2.32. The first-order valence-corrected chi connectivity index (χ1v) is 31.0. The predicted molar refractivity (Wildman–Crippen MR) is 90.4 cm³/mol. The molecule has 1 heterocycles. The molecule has 0 radical (unpaired) electrons. The summed E-state index contributed by atoms with van der Waals surface area (Å²) in [7, 11) is 11.0. The molecule has 18 heavy (non-hydrogen) atoms. The molecule has 2 unspecified atom stereocenters. The number of rotatable bonds is 0. The Bertz CT molecular complexity index is 212. The van der Waals surface area contributed by atoms with Gasteiger partial charge in [0, 0.05) is 0 Å². The van der Waals surface area contributed by atoms with E-state index >= 15 is 0 Å². The summed E-state index contributed by atoms with van der Waals surface area (Å²) in [5.74, 6) is 0. The SMILES string of the molecule is C[Si]1(F)CC[CH2][Sn]([CH3])([Cl])[CH2]C[CH2][Sn]([CH3])([Cl])[CH2]CC1. The van der Waals surface area contributed by atoms with Crippen molar-refractivity contribution in [2.24, 2.45) is 0 Å². The summed E-state index contributed by atoms with van der Waals surface area (Å²) in [4.78, 5) is 4.64. The third-order valence-corrected chi connectivity index (χ3v) is 28.0. The zero-order chi connectivity index (χ0) is 13.9. The van der Waals surface area contributed by atoms with Gasteiger partial charge in [-0.15, -0.1) is 0 Å². The molecule has 0 N–H and O–H groups in total. The van der Waals surface area contributed by atoms with E-state index in [2.05, 4.69) is 9.88 Å². The minimum absolute atomic E-state index is 0.834. The van der Waals surface area contributed by atoms with Crippen molar-refractivity contribution in [3.8, 4) is 0 Å². The molecule has 0 aromatic rings. The Morgan fingerprint density at radius 1 is 0.833 bits per heavy atom. The second kappa shape index (κ2) is 7.55. The fourth-order valence-corrected chi connectivity index (χ4v) is 25.3. The summed E-state index contributed by atoms with van der Waals surface area (Å²) in [5.41, 5.74) is 0. The molecular weight excluding hydrogens is 500 g/mol. The summed E-state index contributed by atoms with van der Waals surface area (Å²) >= 11 is -4.66. The van der Waals surface area contributed by atoms with Gasteiger partial charge in [-0.25, -0.2) is 0 Å².